The van der Waals surface area contributed by atoms with Crippen LogP contribution in [0.25, 0.3) is 0 Å². The normalized spacial score (nSPS) is 22.1. The van der Waals surface area contributed by atoms with E-state index in [1.165, 1.54) is 0 Å². The summed E-state index contributed by atoms with van der Waals surface area (Å²) in [5.74, 6) is 1.83. The first kappa shape index (κ1) is 13.0. The van der Waals surface area contributed by atoms with Crippen LogP contribution in [0.1, 0.15) is 36.4 Å². The molecule has 1 N–H and O–H groups in total. The van der Waals surface area contributed by atoms with Gasteiger partial charge in [0.05, 0.1) is 6.10 Å². The molecule has 2 atom stereocenters. The number of hydrogen-bond acceptors (Lipinski definition) is 7. The molecule has 3 heterocycles. The summed E-state index contributed by atoms with van der Waals surface area (Å²) < 4.78 is 11.0. The molecule has 1 fully saturated rings. The molecule has 2 aromatic rings. The van der Waals surface area contributed by atoms with Gasteiger partial charge in [0, 0.05) is 18.4 Å². The van der Waals surface area contributed by atoms with Crippen LogP contribution in [0.5, 0.6) is 0 Å². The van der Waals surface area contributed by atoms with Gasteiger partial charge >= 0.3 is 0 Å². The van der Waals surface area contributed by atoms with Gasteiger partial charge in [-0.15, -0.1) is 0 Å². The van der Waals surface area contributed by atoms with Gasteiger partial charge in [-0.2, -0.15) is 4.98 Å². The molecule has 3 rings (SSSR count). The maximum Gasteiger partial charge on any atom is 0.255 e. The molecule has 106 valence electrons. The van der Waals surface area contributed by atoms with E-state index in [9.17, 15) is 0 Å². The highest BCUT2D eigenvalue weighted by Gasteiger charge is 2.30. The molecule has 7 nitrogen and oxygen atoms in total. The van der Waals surface area contributed by atoms with Crippen molar-refractivity contribution < 1.29 is 9.26 Å². The molecule has 0 bridgehead atoms. The molecule has 0 aliphatic carbocycles. The van der Waals surface area contributed by atoms with Crippen LogP contribution in [0.15, 0.2) is 16.8 Å². The van der Waals surface area contributed by atoms with Gasteiger partial charge < -0.3 is 14.6 Å². The second-order valence-corrected chi connectivity index (χ2v) is 4.91. The molecule has 0 unspecified atom stereocenters. The fourth-order valence-electron chi connectivity index (χ4n) is 2.22. The quantitative estimate of drug-likeness (QED) is 0.910. The van der Waals surface area contributed by atoms with Crippen LogP contribution in [0.2, 0.25) is 0 Å². The fourth-order valence-corrected chi connectivity index (χ4v) is 2.22. The molecular formula is C13H17N5O2. The predicted molar refractivity (Wildman–Crippen MR) is 71.1 cm³/mol. The summed E-state index contributed by atoms with van der Waals surface area (Å²) in [5.41, 5.74) is 0.939. The number of anilines is 1. The van der Waals surface area contributed by atoms with Gasteiger partial charge in [-0.3, -0.25) is 0 Å². The van der Waals surface area contributed by atoms with Gasteiger partial charge in [-0.05, 0) is 32.8 Å². The lowest BCUT2D eigenvalue weighted by Crippen LogP contribution is -2.20. The Morgan fingerprint density at radius 2 is 2.20 bits per heavy atom. The largest absolute Gasteiger partial charge is 0.363 e. The maximum atomic E-state index is 5.90. The van der Waals surface area contributed by atoms with Crippen molar-refractivity contribution >= 4 is 5.95 Å². The minimum atomic E-state index is -0.0959. The van der Waals surface area contributed by atoms with Gasteiger partial charge in [-0.1, -0.05) is 5.16 Å². The molecule has 0 amide bonds. The molecule has 0 spiro atoms. The molecule has 7 heteroatoms. The highest BCUT2D eigenvalue weighted by molar-refractivity contribution is 5.24. The molecule has 1 saturated heterocycles. The number of nitrogens with zero attached hydrogens (tertiary/aromatic N) is 4. The molecule has 2 aromatic heterocycles. The van der Waals surface area contributed by atoms with E-state index >= 15 is 0 Å². The molecule has 0 aromatic carbocycles. The third kappa shape index (κ3) is 2.93. The number of hydrogen-bond donors (Lipinski definition) is 1. The van der Waals surface area contributed by atoms with Crippen LogP contribution in [-0.4, -0.2) is 32.8 Å². The summed E-state index contributed by atoms with van der Waals surface area (Å²) in [5, 5.41) is 6.98. The summed E-state index contributed by atoms with van der Waals surface area (Å²) in [6.45, 7) is 4.41. The first-order valence-corrected chi connectivity index (χ1v) is 6.70. The number of aryl methyl sites for hydroxylation is 2. The molecule has 0 radical (unpaired) electrons. The number of rotatable bonds is 4. The summed E-state index contributed by atoms with van der Waals surface area (Å²) >= 11 is 0. The van der Waals surface area contributed by atoms with Crippen LogP contribution in [0.3, 0.4) is 0 Å². The van der Waals surface area contributed by atoms with Crippen molar-refractivity contribution in [2.75, 3.05) is 11.9 Å². The van der Waals surface area contributed by atoms with E-state index in [1.807, 2.05) is 13.0 Å². The van der Waals surface area contributed by atoms with Crippen molar-refractivity contribution in [3.05, 3.63) is 29.7 Å². The Balaban J connectivity index is 1.53. The summed E-state index contributed by atoms with van der Waals surface area (Å²) in [7, 11) is 0. The first-order valence-electron chi connectivity index (χ1n) is 6.70. The zero-order valence-corrected chi connectivity index (χ0v) is 11.5. The van der Waals surface area contributed by atoms with Crippen LogP contribution in [0.4, 0.5) is 5.95 Å². The molecule has 20 heavy (non-hydrogen) atoms. The van der Waals surface area contributed by atoms with Crippen LogP contribution >= 0.6 is 0 Å². The van der Waals surface area contributed by atoms with E-state index in [1.54, 1.807) is 13.1 Å². The van der Waals surface area contributed by atoms with E-state index in [0.717, 1.165) is 18.5 Å². The van der Waals surface area contributed by atoms with E-state index in [0.29, 0.717) is 24.2 Å². The van der Waals surface area contributed by atoms with Gasteiger partial charge in [0.2, 0.25) is 5.95 Å². The van der Waals surface area contributed by atoms with Crippen molar-refractivity contribution in [2.24, 2.45) is 0 Å². The molecule has 0 saturated carbocycles. The van der Waals surface area contributed by atoms with Crippen LogP contribution in [-0.2, 0) is 4.74 Å². The van der Waals surface area contributed by atoms with Gasteiger partial charge in [0.1, 0.15) is 6.10 Å². The third-order valence-corrected chi connectivity index (χ3v) is 3.21. The number of nitrogens with one attached hydrogen (secondary N) is 1. The SMILES string of the molecule is Cc1ccnc(NC[C@H]2CC[C@@H](c3nc(C)no3)O2)n1. The van der Waals surface area contributed by atoms with Gasteiger partial charge in [0.25, 0.3) is 5.89 Å². The Morgan fingerprint density at radius 3 is 2.95 bits per heavy atom. The highest BCUT2D eigenvalue weighted by Crippen LogP contribution is 2.31. The zero-order valence-electron chi connectivity index (χ0n) is 11.5. The smallest absolute Gasteiger partial charge is 0.255 e. The Labute approximate surface area is 116 Å². The average molecular weight is 275 g/mol. The van der Waals surface area contributed by atoms with Gasteiger partial charge in [0.15, 0.2) is 5.82 Å². The lowest BCUT2D eigenvalue weighted by molar-refractivity contribution is 0.0326. The van der Waals surface area contributed by atoms with Crippen molar-refractivity contribution in [2.45, 2.75) is 38.9 Å². The lowest BCUT2D eigenvalue weighted by Gasteiger charge is -2.12. The minimum absolute atomic E-state index is 0.0959. The van der Waals surface area contributed by atoms with Gasteiger partial charge in [-0.25, -0.2) is 9.97 Å². The third-order valence-electron chi connectivity index (χ3n) is 3.21. The monoisotopic (exact) mass is 275 g/mol. The van der Waals surface area contributed by atoms with Crippen molar-refractivity contribution in [3.8, 4) is 0 Å². The Bertz CT molecular complexity index is 586. The fraction of sp³-hybridized carbons (Fsp3) is 0.538. The Morgan fingerprint density at radius 1 is 1.30 bits per heavy atom. The first-order chi connectivity index (χ1) is 9.70. The summed E-state index contributed by atoms with van der Waals surface area (Å²) in [6.07, 6.45) is 3.59. The number of ether oxygens (including phenoxy) is 1. The van der Waals surface area contributed by atoms with E-state index in [-0.39, 0.29) is 12.2 Å². The van der Waals surface area contributed by atoms with E-state index < -0.39 is 0 Å². The molecular weight excluding hydrogens is 258 g/mol. The summed E-state index contributed by atoms with van der Waals surface area (Å²) in [4.78, 5) is 12.7. The minimum Gasteiger partial charge on any atom is -0.363 e. The van der Waals surface area contributed by atoms with E-state index in [4.69, 9.17) is 9.26 Å². The van der Waals surface area contributed by atoms with E-state index in [2.05, 4.69) is 25.4 Å². The second-order valence-electron chi connectivity index (χ2n) is 4.91. The highest BCUT2D eigenvalue weighted by atomic mass is 16.5. The van der Waals surface area contributed by atoms with Crippen molar-refractivity contribution in [1.29, 1.82) is 0 Å². The van der Waals surface area contributed by atoms with Crippen LogP contribution < -0.4 is 5.32 Å². The second kappa shape index (κ2) is 5.54. The lowest BCUT2D eigenvalue weighted by atomic mass is 10.2. The zero-order chi connectivity index (χ0) is 13.9. The standard InChI is InChI=1S/C13H17N5O2/c1-8-5-6-14-13(16-8)15-7-10-3-4-11(19-10)12-17-9(2)18-20-12/h5-6,10-11H,3-4,7H2,1-2H3,(H,14,15,16)/t10-,11+/m1/s1. The molecule has 1 aliphatic heterocycles. The average Bonchev–Trinajstić information content (AvgIpc) is 3.05. The Kier molecular flexibility index (Phi) is 3.60. The Hall–Kier alpha value is -2.02. The van der Waals surface area contributed by atoms with Crippen molar-refractivity contribution in [1.82, 2.24) is 20.1 Å². The molecule has 1 aliphatic rings. The van der Waals surface area contributed by atoms with Crippen molar-refractivity contribution in [3.63, 3.8) is 0 Å². The maximum absolute atomic E-state index is 5.90. The topological polar surface area (TPSA) is 86.0 Å². The predicted octanol–water partition coefficient (Wildman–Crippen LogP) is 1.81. The van der Waals surface area contributed by atoms with Crippen LogP contribution in [0, 0.1) is 13.8 Å². The summed E-state index contributed by atoms with van der Waals surface area (Å²) in [6, 6.07) is 1.87. The number of aromatic nitrogens is 4.